The SMILES string of the molecule is CC(C)(C)OC(=O)N1CCN(c2cccc3sc(-c4cccc5sccc45)cc23)CC1. The second-order valence-electron chi connectivity index (χ2n) is 8.89. The van der Waals surface area contributed by atoms with E-state index in [0.717, 1.165) is 13.1 Å². The maximum absolute atomic E-state index is 12.4. The Labute approximate surface area is 190 Å². The summed E-state index contributed by atoms with van der Waals surface area (Å²) in [6.45, 7) is 8.70. The number of anilines is 1. The molecule has 6 heteroatoms. The van der Waals surface area contributed by atoms with E-state index in [2.05, 4.69) is 58.8 Å². The second-order valence-corrected chi connectivity index (χ2v) is 10.9. The van der Waals surface area contributed by atoms with Crippen molar-refractivity contribution in [2.75, 3.05) is 31.1 Å². The summed E-state index contributed by atoms with van der Waals surface area (Å²) in [5.74, 6) is 0. The predicted molar refractivity (Wildman–Crippen MR) is 133 cm³/mol. The van der Waals surface area contributed by atoms with Gasteiger partial charge in [0, 0.05) is 62.5 Å². The van der Waals surface area contributed by atoms with Crippen molar-refractivity contribution in [2.45, 2.75) is 26.4 Å². The molecule has 0 atom stereocenters. The number of rotatable bonds is 2. The number of hydrogen-bond donors (Lipinski definition) is 0. The number of carbonyl (C=O) groups excluding carboxylic acids is 1. The van der Waals surface area contributed by atoms with Crippen LogP contribution in [-0.4, -0.2) is 42.8 Å². The first-order chi connectivity index (χ1) is 14.9. The summed E-state index contributed by atoms with van der Waals surface area (Å²) in [7, 11) is 0. The lowest BCUT2D eigenvalue weighted by atomic mass is 10.1. The Bertz CT molecular complexity index is 1240. The fraction of sp³-hybridized carbons (Fsp3) is 0.320. The minimum absolute atomic E-state index is 0.216. The zero-order valence-electron chi connectivity index (χ0n) is 18.1. The van der Waals surface area contributed by atoms with Crippen LogP contribution in [0.3, 0.4) is 0 Å². The largest absolute Gasteiger partial charge is 0.444 e. The number of hydrogen-bond acceptors (Lipinski definition) is 5. The van der Waals surface area contributed by atoms with E-state index in [1.807, 2.05) is 37.0 Å². The number of ether oxygens (including phenoxy) is 1. The quantitative estimate of drug-likeness (QED) is 0.335. The molecule has 1 aliphatic rings. The Kier molecular flexibility index (Phi) is 5.15. The summed E-state index contributed by atoms with van der Waals surface area (Å²) in [6.07, 6.45) is -0.216. The van der Waals surface area contributed by atoms with Crippen LogP contribution in [0.15, 0.2) is 53.9 Å². The molecule has 0 N–H and O–H groups in total. The van der Waals surface area contributed by atoms with Crippen molar-refractivity contribution < 1.29 is 9.53 Å². The molecule has 5 rings (SSSR count). The summed E-state index contributed by atoms with van der Waals surface area (Å²) < 4.78 is 8.17. The van der Waals surface area contributed by atoms with Crippen LogP contribution in [0.4, 0.5) is 10.5 Å². The van der Waals surface area contributed by atoms with E-state index in [1.54, 1.807) is 11.3 Å². The molecule has 0 radical (unpaired) electrons. The second kappa shape index (κ2) is 7.84. The molecule has 0 unspecified atom stereocenters. The molecule has 1 amide bonds. The van der Waals surface area contributed by atoms with Crippen LogP contribution in [0, 0.1) is 0 Å². The van der Waals surface area contributed by atoms with E-state index in [0.29, 0.717) is 13.1 Å². The van der Waals surface area contributed by atoms with E-state index in [9.17, 15) is 4.79 Å². The van der Waals surface area contributed by atoms with Gasteiger partial charge in [-0.3, -0.25) is 0 Å². The maximum Gasteiger partial charge on any atom is 0.410 e. The van der Waals surface area contributed by atoms with E-state index >= 15 is 0 Å². The van der Waals surface area contributed by atoms with Crippen molar-refractivity contribution >= 4 is 54.6 Å². The third-order valence-electron chi connectivity index (χ3n) is 5.57. The van der Waals surface area contributed by atoms with Crippen molar-refractivity contribution in [1.82, 2.24) is 4.90 Å². The predicted octanol–water partition coefficient (Wildman–Crippen LogP) is 6.84. The molecule has 31 heavy (non-hydrogen) atoms. The van der Waals surface area contributed by atoms with Crippen LogP contribution in [0.1, 0.15) is 20.8 Å². The average molecular weight is 451 g/mol. The highest BCUT2D eigenvalue weighted by Gasteiger charge is 2.26. The van der Waals surface area contributed by atoms with Crippen LogP contribution in [0.5, 0.6) is 0 Å². The molecular formula is C25H26N2O2S2. The summed E-state index contributed by atoms with van der Waals surface area (Å²) in [4.78, 5) is 17.9. The normalized spacial score (nSPS) is 15.1. The summed E-state index contributed by atoms with van der Waals surface area (Å²) in [5, 5.41) is 4.78. The van der Waals surface area contributed by atoms with Gasteiger partial charge in [-0.15, -0.1) is 22.7 Å². The molecule has 0 spiro atoms. The number of fused-ring (bicyclic) bond motifs is 2. The number of thiophene rings is 2. The lowest BCUT2D eigenvalue weighted by Gasteiger charge is -2.37. The zero-order chi connectivity index (χ0) is 21.6. The van der Waals surface area contributed by atoms with E-state index in [4.69, 9.17) is 4.74 Å². The van der Waals surface area contributed by atoms with Crippen LogP contribution >= 0.6 is 22.7 Å². The van der Waals surface area contributed by atoms with Gasteiger partial charge >= 0.3 is 6.09 Å². The van der Waals surface area contributed by atoms with Gasteiger partial charge in [0.1, 0.15) is 5.60 Å². The first-order valence-electron chi connectivity index (χ1n) is 10.6. The van der Waals surface area contributed by atoms with Crippen LogP contribution < -0.4 is 4.90 Å². The van der Waals surface area contributed by atoms with Crippen LogP contribution in [0.25, 0.3) is 30.6 Å². The molecule has 1 fully saturated rings. The minimum Gasteiger partial charge on any atom is -0.444 e. The topological polar surface area (TPSA) is 32.8 Å². The monoisotopic (exact) mass is 450 g/mol. The van der Waals surface area contributed by atoms with Gasteiger partial charge in [0.15, 0.2) is 0 Å². The van der Waals surface area contributed by atoms with Crippen molar-refractivity contribution in [1.29, 1.82) is 0 Å². The third-order valence-corrected chi connectivity index (χ3v) is 7.59. The lowest BCUT2D eigenvalue weighted by molar-refractivity contribution is 0.0240. The van der Waals surface area contributed by atoms with Crippen molar-refractivity contribution in [3.05, 3.63) is 53.9 Å². The van der Waals surface area contributed by atoms with E-state index in [1.165, 1.54) is 36.3 Å². The van der Waals surface area contributed by atoms with Gasteiger partial charge in [-0.2, -0.15) is 0 Å². The Morgan fingerprint density at radius 3 is 2.45 bits per heavy atom. The van der Waals surface area contributed by atoms with Gasteiger partial charge in [0.05, 0.1) is 0 Å². The average Bonchev–Trinajstić information content (AvgIpc) is 3.39. The number of benzene rings is 2. The Morgan fingerprint density at radius 1 is 0.935 bits per heavy atom. The van der Waals surface area contributed by atoms with Crippen molar-refractivity contribution in [2.24, 2.45) is 0 Å². The van der Waals surface area contributed by atoms with Gasteiger partial charge in [0.25, 0.3) is 0 Å². The number of amides is 1. The number of piperazine rings is 1. The molecule has 160 valence electrons. The lowest BCUT2D eigenvalue weighted by Crippen LogP contribution is -2.50. The molecule has 4 nitrogen and oxygen atoms in total. The van der Waals surface area contributed by atoms with Gasteiger partial charge in [-0.05, 0) is 56.5 Å². The highest BCUT2D eigenvalue weighted by atomic mass is 32.1. The summed E-state index contributed by atoms with van der Waals surface area (Å²) in [5.41, 5.74) is 2.10. The zero-order valence-corrected chi connectivity index (χ0v) is 19.7. The molecule has 0 bridgehead atoms. The fourth-order valence-corrected chi connectivity index (χ4v) is 6.05. The number of nitrogens with zero attached hydrogens (tertiary/aromatic N) is 2. The maximum atomic E-state index is 12.4. The summed E-state index contributed by atoms with van der Waals surface area (Å²) in [6, 6.07) is 17.7. The highest BCUT2D eigenvalue weighted by molar-refractivity contribution is 7.22. The molecule has 3 heterocycles. The highest BCUT2D eigenvalue weighted by Crippen LogP contribution is 2.41. The molecule has 0 aliphatic carbocycles. The van der Waals surface area contributed by atoms with Crippen LogP contribution in [-0.2, 0) is 4.74 Å². The summed E-state index contributed by atoms with van der Waals surface area (Å²) >= 11 is 3.64. The van der Waals surface area contributed by atoms with Crippen molar-refractivity contribution in [3.63, 3.8) is 0 Å². The van der Waals surface area contributed by atoms with E-state index in [-0.39, 0.29) is 6.09 Å². The molecular weight excluding hydrogens is 424 g/mol. The first-order valence-corrected chi connectivity index (χ1v) is 12.3. The van der Waals surface area contributed by atoms with Gasteiger partial charge in [-0.25, -0.2) is 4.79 Å². The Morgan fingerprint density at radius 2 is 1.68 bits per heavy atom. The Balaban J connectivity index is 1.41. The van der Waals surface area contributed by atoms with E-state index < -0.39 is 5.60 Å². The smallest absolute Gasteiger partial charge is 0.410 e. The Hall–Kier alpha value is -2.57. The molecule has 1 aliphatic heterocycles. The molecule has 0 saturated carbocycles. The fourth-order valence-electron chi connectivity index (χ4n) is 4.12. The molecule has 4 aromatic rings. The molecule has 2 aromatic carbocycles. The molecule has 1 saturated heterocycles. The third kappa shape index (κ3) is 4.02. The number of carbonyl (C=O) groups is 1. The standard InChI is InChI=1S/C25H26N2O2S2/c1-25(2,3)29-24(28)27-13-11-26(12-14-27)20-7-5-9-22-19(20)16-23(31-22)17-6-4-8-21-18(17)10-15-30-21/h4-10,15-16H,11-14H2,1-3H3. The van der Waals surface area contributed by atoms with Gasteiger partial charge in [-0.1, -0.05) is 18.2 Å². The van der Waals surface area contributed by atoms with Crippen molar-refractivity contribution in [3.8, 4) is 10.4 Å². The minimum atomic E-state index is -0.460. The van der Waals surface area contributed by atoms with Gasteiger partial charge in [0.2, 0.25) is 0 Å². The van der Waals surface area contributed by atoms with Gasteiger partial charge < -0.3 is 14.5 Å². The van der Waals surface area contributed by atoms with Crippen LogP contribution in [0.2, 0.25) is 0 Å². The first kappa shape index (κ1) is 20.3. The molecule has 2 aromatic heterocycles.